The number of fused-ring (bicyclic) bond motifs is 1. The van der Waals surface area contributed by atoms with Crippen LogP contribution in [-0.4, -0.2) is 26.2 Å². The minimum atomic E-state index is 0.451. The van der Waals surface area contributed by atoms with Gasteiger partial charge in [-0.1, -0.05) is 48.0 Å². The molecule has 3 rings (SSSR count). The molecule has 1 aliphatic heterocycles. The smallest absolute Gasteiger partial charge is 0.191 e. The summed E-state index contributed by atoms with van der Waals surface area (Å²) in [4.78, 5) is 4.33. The minimum Gasteiger partial charge on any atom is -0.493 e. The Balaban J connectivity index is 1.55. The second kappa shape index (κ2) is 7.86. The van der Waals surface area contributed by atoms with Crippen molar-refractivity contribution in [1.82, 2.24) is 10.6 Å². The highest BCUT2D eigenvalue weighted by molar-refractivity contribution is 5.79. The monoisotopic (exact) mass is 323 g/mol. The standard InChI is InChI=1S/C20H25N3O/c1-15-6-5-7-16(12-15)13-22-20(21-2)23-14-17-10-11-24-19-9-4-3-8-18(17)19/h3-9,12,17H,10-11,13-14H2,1-2H3,(H2,21,22,23). The number of hydrogen-bond donors (Lipinski definition) is 2. The van der Waals surface area contributed by atoms with E-state index in [9.17, 15) is 0 Å². The molecule has 0 aromatic heterocycles. The van der Waals surface area contributed by atoms with E-state index < -0.39 is 0 Å². The molecule has 2 N–H and O–H groups in total. The Morgan fingerprint density at radius 2 is 2.04 bits per heavy atom. The molecule has 2 aromatic rings. The van der Waals surface area contributed by atoms with Gasteiger partial charge in [-0.25, -0.2) is 0 Å². The van der Waals surface area contributed by atoms with E-state index in [0.29, 0.717) is 5.92 Å². The van der Waals surface area contributed by atoms with Crippen molar-refractivity contribution < 1.29 is 4.74 Å². The Hall–Kier alpha value is -2.49. The summed E-state index contributed by atoms with van der Waals surface area (Å²) in [6.07, 6.45) is 1.03. The molecule has 1 unspecified atom stereocenters. The van der Waals surface area contributed by atoms with Gasteiger partial charge in [0, 0.05) is 26.1 Å². The third-order valence-corrected chi connectivity index (χ3v) is 4.36. The van der Waals surface area contributed by atoms with Gasteiger partial charge >= 0.3 is 0 Å². The number of benzene rings is 2. The SMILES string of the molecule is CN=C(NCc1cccc(C)c1)NCC1CCOc2ccccc21. The summed E-state index contributed by atoms with van der Waals surface area (Å²) in [7, 11) is 1.81. The lowest BCUT2D eigenvalue weighted by molar-refractivity contribution is 0.267. The predicted molar refractivity (Wildman–Crippen MR) is 98.7 cm³/mol. The van der Waals surface area contributed by atoms with E-state index in [-0.39, 0.29) is 0 Å². The summed E-state index contributed by atoms with van der Waals surface area (Å²) in [5, 5.41) is 6.83. The maximum Gasteiger partial charge on any atom is 0.191 e. The molecule has 4 heteroatoms. The zero-order valence-corrected chi connectivity index (χ0v) is 14.4. The summed E-state index contributed by atoms with van der Waals surface area (Å²) in [6, 6.07) is 16.8. The van der Waals surface area contributed by atoms with Crippen molar-refractivity contribution in [2.75, 3.05) is 20.2 Å². The van der Waals surface area contributed by atoms with Crippen molar-refractivity contribution in [3.05, 3.63) is 65.2 Å². The Labute approximate surface area is 144 Å². The molecule has 0 saturated carbocycles. The first-order valence-electron chi connectivity index (χ1n) is 8.48. The lowest BCUT2D eigenvalue weighted by Gasteiger charge is -2.26. The van der Waals surface area contributed by atoms with Crippen molar-refractivity contribution in [3.8, 4) is 5.75 Å². The van der Waals surface area contributed by atoms with Crippen LogP contribution in [-0.2, 0) is 6.54 Å². The van der Waals surface area contributed by atoms with Gasteiger partial charge in [-0.2, -0.15) is 0 Å². The van der Waals surface area contributed by atoms with Crippen molar-refractivity contribution in [2.24, 2.45) is 4.99 Å². The van der Waals surface area contributed by atoms with Crippen LogP contribution in [0.3, 0.4) is 0 Å². The molecule has 2 aromatic carbocycles. The normalized spacial score (nSPS) is 16.9. The number of aryl methyl sites for hydroxylation is 1. The molecular formula is C20H25N3O. The minimum absolute atomic E-state index is 0.451. The zero-order chi connectivity index (χ0) is 16.8. The van der Waals surface area contributed by atoms with Gasteiger partial charge in [0.15, 0.2) is 5.96 Å². The molecule has 1 aliphatic rings. The molecule has 1 heterocycles. The fourth-order valence-electron chi connectivity index (χ4n) is 3.08. The Bertz CT molecular complexity index is 712. The molecule has 0 amide bonds. The van der Waals surface area contributed by atoms with E-state index in [2.05, 4.69) is 58.9 Å². The van der Waals surface area contributed by atoms with Gasteiger partial charge in [-0.3, -0.25) is 4.99 Å². The third-order valence-electron chi connectivity index (χ3n) is 4.36. The number of nitrogens with one attached hydrogen (secondary N) is 2. The first-order valence-corrected chi connectivity index (χ1v) is 8.48. The predicted octanol–water partition coefficient (Wildman–Crippen LogP) is 3.23. The molecule has 0 aliphatic carbocycles. The fraction of sp³-hybridized carbons (Fsp3) is 0.350. The Morgan fingerprint density at radius 3 is 2.88 bits per heavy atom. The number of para-hydroxylation sites is 1. The largest absolute Gasteiger partial charge is 0.493 e. The van der Waals surface area contributed by atoms with Crippen molar-refractivity contribution in [2.45, 2.75) is 25.8 Å². The summed E-state index contributed by atoms with van der Waals surface area (Å²) >= 11 is 0. The van der Waals surface area contributed by atoms with Gasteiger partial charge < -0.3 is 15.4 Å². The van der Waals surface area contributed by atoms with E-state index in [4.69, 9.17) is 4.74 Å². The number of hydrogen-bond acceptors (Lipinski definition) is 2. The highest BCUT2D eigenvalue weighted by Crippen LogP contribution is 2.32. The maximum atomic E-state index is 5.73. The molecule has 24 heavy (non-hydrogen) atoms. The molecule has 0 radical (unpaired) electrons. The topological polar surface area (TPSA) is 45.7 Å². The lowest BCUT2D eigenvalue weighted by Crippen LogP contribution is -2.39. The second-order valence-electron chi connectivity index (χ2n) is 6.17. The number of guanidine groups is 1. The van der Waals surface area contributed by atoms with Crippen LogP contribution in [0, 0.1) is 6.92 Å². The molecular weight excluding hydrogens is 298 g/mol. The van der Waals surface area contributed by atoms with Crippen LogP contribution in [0.5, 0.6) is 5.75 Å². The van der Waals surface area contributed by atoms with Crippen LogP contribution in [0.1, 0.15) is 29.0 Å². The number of ether oxygens (including phenoxy) is 1. The molecule has 1 atom stereocenters. The van der Waals surface area contributed by atoms with E-state index in [1.807, 2.05) is 19.2 Å². The molecule has 0 fully saturated rings. The van der Waals surface area contributed by atoms with Gasteiger partial charge in [0.25, 0.3) is 0 Å². The van der Waals surface area contributed by atoms with E-state index in [0.717, 1.165) is 37.8 Å². The van der Waals surface area contributed by atoms with Crippen LogP contribution < -0.4 is 15.4 Å². The summed E-state index contributed by atoms with van der Waals surface area (Å²) in [5.74, 6) is 2.30. The van der Waals surface area contributed by atoms with Gasteiger partial charge in [0.05, 0.1) is 6.61 Å². The van der Waals surface area contributed by atoms with E-state index in [1.165, 1.54) is 16.7 Å². The summed E-state index contributed by atoms with van der Waals surface area (Å²) in [6.45, 7) is 4.51. The zero-order valence-electron chi connectivity index (χ0n) is 14.4. The Kier molecular flexibility index (Phi) is 5.36. The first kappa shape index (κ1) is 16.4. The van der Waals surface area contributed by atoms with Crippen LogP contribution in [0.25, 0.3) is 0 Å². The van der Waals surface area contributed by atoms with E-state index in [1.54, 1.807) is 0 Å². The number of rotatable bonds is 4. The highest BCUT2D eigenvalue weighted by Gasteiger charge is 2.20. The molecule has 4 nitrogen and oxygen atoms in total. The number of nitrogens with zero attached hydrogens (tertiary/aromatic N) is 1. The maximum absolute atomic E-state index is 5.73. The van der Waals surface area contributed by atoms with Crippen LogP contribution in [0.4, 0.5) is 0 Å². The van der Waals surface area contributed by atoms with Crippen molar-refractivity contribution in [3.63, 3.8) is 0 Å². The first-order chi connectivity index (χ1) is 11.8. The van der Waals surface area contributed by atoms with Crippen molar-refractivity contribution >= 4 is 5.96 Å². The quantitative estimate of drug-likeness (QED) is 0.671. The second-order valence-corrected chi connectivity index (χ2v) is 6.17. The fourth-order valence-corrected chi connectivity index (χ4v) is 3.08. The molecule has 126 valence electrons. The molecule has 0 saturated heterocycles. The summed E-state index contributed by atoms with van der Waals surface area (Å²) in [5.41, 5.74) is 3.82. The molecule has 0 bridgehead atoms. The van der Waals surface area contributed by atoms with Crippen LogP contribution >= 0.6 is 0 Å². The average Bonchev–Trinajstić information content (AvgIpc) is 2.62. The van der Waals surface area contributed by atoms with Crippen LogP contribution in [0.15, 0.2) is 53.5 Å². The van der Waals surface area contributed by atoms with Crippen LogP contribution in [0.2, 0.25) is 0 Å². The third kappa shape index (κ3) is 4.07. The number of aliphatic imine (C=N–C) groups is 1. The van der Waals surface area contributed by atoms with Gasteiger partial charge in [0.1, 0.15) is 5.75 Å². The van der Waals surface area contributed by atoms with Gasteiger partial charge in [-0.05, 0) is 30.5 Å². The van der Waals surface area contributed by atoms with E-state index >= 15 is 0 Å². The van der Waals surface area contributed by atoms with Gasteiger partial charge in [-0.15, -0.1) is 0 Å². The summed E-state index contributed by atoms with van der Waals surface area (Å²) < 4.78 is 5.73. The highest BCUT2D eigenvalue weighted by atomic mass is 16.5. The Morgan fingerprint density at radius 1 is 1.17 bits per heavy atom. The van der Waals surface area contributed by atoms with Gasteiger partial charge in [0.2, 0.25) is 0 Å². The lowest BCUT2D eigenvalue weighted by atomic mass is 9.93. The van der Waals surface area contributed by atoms with Crippen molar-refractivity contribution in [1.29, 1.82) is 0 Å². The average molecular weight is 323 g/mol. The molecule has 0 spiro atoms.